The Kier molecular flexibility index (Phi) is 8.41. The summed E-state index contributed by atoms with van der Waals surface area (Å²) in [5.41, 5.74) is 0.316. The molecule has 1 N–H and O–H groups in total. The molecular weight excluding hydrogens is 492 g/mol. The molecule has 2 saturated carbocycles. The zero-order valence-corrected chi connectivity index (χ0v) is 23.2. The Balaban J connectivity index is 1.62. The Morgan fingerprint density at radius 1 is 1.11 bits per heavy atom. The van der Waals surface area contributed by atoms with Gasteiger partial charge in [-0.25, -0.2) is 9.78 Å². The van der Waals surface area contributed by atoms with Crippen molar-refractivity contribution in [2.75, 3.05) is 4.90 Å². The maximum absolute atomic E-state index is 14.0. The molecule has 0 unspecified atom stereocenters. The standard InChI is InChI=1S/C28H36N2O4S2/c1-18-5-7-19(8-6-18)25(31)30(20-9-11-21(12-10-20)34-27-29-15-16-35-27)23-17-22(13-14-28(2,3)4)36-24(23)26(32)33/h15-21H,5-12H2,1-4H3,(H,32,33)/t18?,19?,20-,21-. The van der Waals surface area contributed by atoms with Crippen LogP contribution in [-0.2, 0) is 4.79 Å². The van der Waals surface area contributed by atoms with E-state index in [1.165, 1.54) is 22.7 Å². The first-order valence-electron chi connectivity index (χ1n) is 12.9. The lowest BCUT2D eigenvalue weighted by Gasteiger charge is -2.39. The third-order valence-electron chi connectivity index (χ3n) is 7.02. The molecular formula is C28H36N2O4S2. The molecule has 2 aliphatic carbocycles. The molecule has 6 nitrogen and oxygen atoms in total. The second-order valence-electron chi connectivity index (χ2n) is 11.1. The fraction of sp³-hybridized carbons (Fsp3) is 0.607. The maximum atomic E-state index is 14.0. The highest BCUT2D eigenvalue weighted by atomic mass is 32.1. The molecule has 36 heavy (non-hydrogen) atoms. The maximum Gasteiger partial charge on any atom is 0.348 e. The van der Waals surface area contributed by atoms with Crippen molar-refractivity contribution < 1.29 is 19.4 Å². The number of thiazole rings is 1. The van der Waals surface area contributed by atoms with Crippen LogP contribution in [0.2, 0.25) is 0 Å². The summed E-state index contributed by atoms with van der Waals surface area (Å²) < 4.78 is 6.04. The second kappa shape index (κ2) is 11.4. The molecule has 2 heterocycles. The van der Waals surface area contributed by atoms with Crippen LogP contribution in [0.3, 0.4) is 0 Å². The molecule has 2 fully saturated rings. The molecule has 2 aromatic rings. The normalized spacial score (nSPS) is 24.4. The minimum absolute atomic E-state index is 0.0517. The van der Waals surface area contributed by atoms with Gasteiger partial charge in [-0.3, -0.25) is 4.79 Å². The lowest BCUT2D eigenvalue weighted by Crippen LogP contribution is -2.47. The molecule has 0 radical (unpaired) electrons. The van der Waals surface area contributed by atoms with Gasteiger partial charge in [0.15, 0.2) is 0 Å². The van der Waals surface area contributed by atoms with Gasteiger partial charge in [-0.15, -0.1) is 11.3 Å². The number of nitrogens with zero attached hydrogens (tertiary/aromatic N) is 2. The summed E-state index contributed by atoms with van der Waals surface area (Å²) in [6.07, 6.45) is 8.75. The number of carbonyl (C=O) groups excluding carboxylic acids is 1. The van der Waals surface area contributed by atoms with E-state index in [1.807, 2.05) is 37.1 Å². The van der Waals surface area contributed by atoms with Crippen molar-refractivity contribution in [2.45, 2.75) is 91.2 Å². The highest BCUT2D eigenvalue weighted by molar-refractivity contribution is 7.15. The monoisotopic (exact) mass is 528 g/mol. The van der Waals surface area contributed by atoms with E-state index in [4.69, 9.17) is 4.74 Å². The Bertz CT molecular complexity index is 1110. The molecule has 0 atom stereocenters. The lowest BCUT2D eigenvalue weighted by atomic mass is 9.81. The first-order chi connectivity index (χ1) is 17.1. The van der Waals surface area contributed by atoms with Crippen molar-refractivity contribution in [3.05, 3.63) is 27.4 Å². The zero-order chi connectivity index (χ0) is 25.9. The Hall–Kier alpha value is -2.37. The van der Waals surface area contributed by atoms with Crippen LogP contribution in [-0.4, -0.2) is 34.1 Å². The molecule has 0 bridgehead atoms. The number of rotatable bonds is 6. The van der Waals surface area contributed by atoms with Crippen molar-refractivity contribution in [2.24, 2.45) is 17.3 Å². The van der Waals surface area contributed by atoms with E-state index in [-0.39, 0.29) is 34.3 Å². The smallest absolute Gasteiger partial charge is 0.348 e. The number of carboxylic acids is 1. The topological polar surface area (TPSA) is 79.7 Å². The molecule has 8 heteroatoms. The Morgan fingerprint density at radius 3 is 2.39 bits per heavy atom. The number of hydrogen-bond donors (Lipinski definition) is 1. The van der Waals surface area contributed by atoms with Gasteiger partial charge < -0.3 is 14.7 Å². The van der Waals surface area contributed by atoms with Crippen molar-refractivity contribution in [3.63, 3.8) is 0 Å². The van der Waals surface area contributed by atoms with Crippen molar-refractivity contribution >= 4 is 40.2 Å². The van der Waals surface area contributed by atoms with E-state index >= 15 is 0 Å². The van der Waals surface area contributed by atoms with E-state index in [0.717, 1.165) is 51.4 Å². The van der Waals surface area contributed by atoms with Gasteiger partial charge in [-0.2, -0.15) is 0 Å². The average Bonchev–Trinajstić information content (AvgIpc) is 3.49. The van der Waals surface area contributed by atoms with Gasteiger partial charge in [-0.05, 0) is 84.1 Å². The van der Waals surface area contributed by atoms with Crippen LogP contribution in [0.1, 0.15) is 93.6 Å². The molecule has 1 amide bonds. The van der Waals surface area contributed by atoms with E-state index in [9.17, 15) is 14.7 Å². The number of ether oxygens (including phenoxy) is 1. The zero-order valence-electron chi connectivity index (χ0n) is 21.6. The number of carbonyl (C=O) groups is 2. The predicted octanol–water partition coefficient (Wildman–Crippen LogP) is 6.85. The van der Waals surface area contributed by atoms with Gasteiger partial charge in [0, 0.05) is 29.0 Å². The summed E-state index contributed by atoms with van der Waals surface area (Å²) in [7, 11) is 0. The third kappa shape index (κ3) is 6.68. The molecule has 0 aliphatic heterocycles. The SMILES string of the molecule is CC1CCC(C(=O)N(c2cc(C#CC(C)(C)C)sc2C(=O)O)[C@H]2CC[C@H](Oc3nccs3)CC2)CC1. The first-order valence-corrected chi connectivity index (χ1v) is 14.6. The third-order valence-corrected chi connectivity index (χ3v) is 8.70. The minimum Gasteiger partial charge on any atom is -0.477 e. The van der Waals surface area contributed by atoms with Crippen LogP contribution in [0.25, 0.3) is 0 Å². The van der Waals surface area contributed by atoms with E-state index in [1.54, 1.807) is 6.20 Å². The second-order valence-corrected chi connectivity index (χ2v) is 13.1. The summed E-state index contributed by atoms with van der Waals surface area (Å²) in [5, 5.41) is 12.6. The van der Waals surface area contributed by atoms with Crippen molar-refractivity contribution in [3.8, 4) is 17.0 Å². The van der Waals surface area contributed by atoms with Crippen LogP contribution in [0, 0.1) is 29.1 Å². The lowest BCUT2D eigenvalue weighted by molar-refractivity contribution is -0.124. The van der Waals surface area contributed by atoms with Gasteiger partial charge in [0.1, 0.15) is 11.0 Å². The van der Waals surface area contributed by atoms with E-state index < -0.39 is 5.97 Å². The summed E-state index contributed by atoms with van der Waals surface area (Å²) >= 11 is 2.65. The van der Waals surface area contributed by atoms with Crippen molar-refractivity contribution in [1.29, 1.82) is 0 Å². The van der Waals surface area contributed by atoms with Gasteiger partial charge in [0.2, 0.25) is 5.91 Å². The van der Waals surface area contributed by atoms with Gasteiger partial charge in [0.05, 0.1) is 10.6 Å². The molecule has 194 valence electrons. The molecule has 0 saturated heterocycles. The molecule has 0 aromatic carbocycles. The number of thiophene rings is 1. The van der Waals surface area contributed by atoms with Crippen LogP contribution >= 0.6 is 22.7 Å². The quantitative estimate of drug-likeness (QED) is 0.415. The van der Waals surface area contributed by atoms with Crippen molar-refractivity contribution in [1.82, 2.24) is 4.98 Å². The summed E-state index contributed by atoms with van der Waals surface area (Å²) in [5.74, 6) is 6.00. The summed E-state index contributed by atoms with van der Waals surface area (Å²) in [4.78, 5) is 33.3. The fourth-order valence-electron chi connectivity index (χ4n) is 5.06. The fourth-order valence-corrected chi connectivity index (χ4v) is 6.45. The van der Waals surface area contributed by atoms with Crippen LogP contribution < -0.4 is 9.64 Å². The van der Waals surface area contributed by atoms with Gasteiger partial charge in [-0.1, -0.05) is 30.1 Å². The van der Waals surface area contributed by atoms with Crippen LogP contribution in [0.15, 0.2) is 17.6 Å². The number of carboxylic acid groups (broad SMARTS) is 1. The first kappa shape index (κ1) is 26.7. The number of hydrogen-bond acceptors (Lipinski definition) is 6. The number of amides is 1. The summed E-state index contributed by atoms with van der Waals surface area (Å²) in [6, 6.07) is 1.78. The number of aromatic nitrogens is 1. The molecule has 2 aromatic heterocycles. The average molecular weight is 529 g/mol. The summed E-state index contributed by atoms with van der Waals surface area (Å²) in [6.45, 7) is 8.32. The molecule has 4 rings (SSSR count). The highest BCUT2D eigenvalue weighted by Gasteiger charge is 2.38. The molecule has 2 aliphatic rings. The number of aromatic carboxylic acids is 1. The van der Waals surface area contributed by atoms with Gasteiger partial charge in [0.25, 0.3) is 5.19 Å². The Labute approximate surface area is 222 Å². The number of anilines is 1. The van der Waals surface area contributed by atoms with Gasteiger partial charge >= 0.3 is 5.97 Å². The van der Waals surface area contributed by atoms with E-state index in [2.05, 4.69) is 23.7 Å². The minimum atomic E-state index is -1.00. The highest BCUT2D eigenvalue weighted by Crippen LogP contribution is 2.39. The largest absolute Gasteiger partial charge is 0.477 e. The van der Waals surface area contributed by atoms with Crippen LogP contribution in [0.5, 0.6) is 5.19 Å². The predicted molar refractivity (Wildman–Crippen MR) is 145 cm³/mol. The molecule has 0 spiro atoms. The van der Waals surface area contributed by atoms with E-state index in [0.29, 0.717) is 21.7 Å². The Morgan fingerprint density at radius 2 is 1.81 bits per heavy atom. The van der Waals surface area contributed by atoms with Crippen LogP contribution in [0.4, 0.5) is 5.69 Å².